The third-order valence-electron chi connectivity index (χ3n) is 3.20. The summed E-state index contributed by atoms with van der Waals surface area (Å²) < 4.78 is 1.11. The van der Waals surface area contributed by atoms with E-state index in [-0.39, 0.29) is 11.9 Å². The van der Waals surface area contributed by atoms with Gasteiger partial charge in [0.2, 0.25) is 5.91 Å². The lowest BCUT2D eigenvalue weighted by Crippen LogP contribution is -2.40. The molecular weight excluding hydrogens is 280 g/mol. The summed E-state index contributed by atoms with van der Waals surface area (Å²) in [5, 5.41) is 2.89. The maximum atomic E-state index is 11.7. The zero-order valence-corrected chi connectivity index (χ0v) is 11.5. The molecule has 3 nitrogen and oxygen atoms in total. The molecule has 0 spiro atoms. The van der Waals surface area contributed by atoms with E-state index in [1.807, 2.05) is 18.2 Å². The van der Waals surface area contributed by atoms with Crippen LogP contribution in [0.1, 0.15) is 18.9 Å². The second-order valence-electron chi connectivity index (χ2n) is 4.25. The van der Waals surface area contributed by atoms with Crippen molar-refractivity contribution in [3.05, 3.63) is 34.3 Å². The van der Waals surface area contributed by atoms with Gasteiger partial charge in [0.1, 0.15) is 0 Å². The summed E-state index contributed by atoms with van der Waals surface area (Å²) in [6.45, 7) is 4.60. The minimum absolute atomic E-state index is 0.0344. The molecule has 0 bridgehead atoms. The van der Waals surface area contributed by atoms with E-state index >= 15 is 0 Å². The van der Waals surface area contributed by atoms with Crippen LogP contribution in [0.2, 0.25) is 0 Å². The van der Waals surface area contributed by atoms with Crippen molar-refractivity contribution in [3.8, 4) is 0 Å². The van der Waals surface area contributed by atoms with Crippen LogP contribution in [0.4, 0.5) is 0 Å². The molecule has 0 aliphatic carbocycles. The SMILES string of the molecule is CCN(Cc1ccccc1Br)C1CCNC1=O. The van der Waals surface area contributed by atoms with E-state index in [9.17, 15) is 4.79 Å². The summed E-state index contributed by atoms with van der Waals surface area (Å²) in [6, 6.07) is 8.21. The number of hydrogen-bond acceptors (Lipinski definition) is 2. The van der Waals surface area contributed by atoms with Crippen molar-refractivity contribution >= 4 is 21.8 Å². The Labute approximate surface area is 110 Å². The Balaban J connectivity index is 2.10. The highest BCUT2D eigenvalue weighted by Crippen LogP contribution is 2.20. The molecule has 1 atom stereocenters. The number of rotatable bonds is 4. The Morgan fingerprint density at radius 3 is 2.82 bits per heavy atom. The predicted molar refractivity (Wildman–Crippen MR) is 71.6 cm³/mol. The Kier molecular flexibility index (Phi) is 4.18. The van der Waals surface area contributed by atoms with Crippen LogP contribution in [0.3, 0.4) is 0 Å². The molecule has 92 valence electrons. The van der Waals surface area contributed by atoms with Crippen molar-refractivity contribution in [1.29, 1.82) is 0 Å². The van der Waals surface area contributed by atoms with E-state index in [1.165, 1.54) is 5.56 Å². The van der Waals surface area contributed by atoms with Gasteiger partial charge in [0.05, 0.1) is 6.04 Å². The van der Waals surface area contributed by atoms with Gasteiger partial charge in [-0.3, -0.25) is 9.69 Å². The normalized spacial score (nSPS) is 19.7. The Morgan fingerprint density at radius 1 is 1.47 bits per heavy atom. The number of carbonyl (C=O) groups excluding carboxylic acids is 1. The quantitative estimate of drug-likeness (QED) is 0.923. The van der Waals surface area contributed by atoms with Gasteiger partial charge in [-0.25, -0.2) is 0 Å². The third-order valence-corrected chi connectivity index (χ3v) is 3.97. The first-order valence-corrected chi connectivity index (χ1v) is 6.77. The molecule has 1 aliphatic rings. The average molecular weight is 297 g/mol. The van der Waals surface area contributed by atoms with Gasteiger partial charge in [-0.05, 0) is 24.6 Å². The molecule has 1 amide bonds. The predicted octanol–water partition coefficient (Wildman–Crippen LogP) is 2.16. The van der Waals surface area contributed by atoms with E-state index in [0.29, 0.717) is 0 Å². The number of nitrogens with one attached hydrogen (secondary N) is 1. The minimum Gasteiger partial charge on any atom is -0.355 e. The number of amides is 1. The Morgan fingerprint density at radius 2 is 2.24 bits per heavy atom. The number of hydrogen-bond donors (Lipinski definition) is 1. The van der Waals surface area contributed by atoms with Crippen molar-refractivity contribution in [3.63, 3.8) is 0 Å². The lowest BCUT2D eigenvalue weighted by atomic mass is 10.1. The summed E-state index contributed by atoms with van der Waals surface area (Å²) in [4.78, 5) is 13.9. The molecule has 1 heterocycles. The van der Waals surface area contributed by atoms with Gasteiger partial charge in [-0.1, -0.05) is 41.1 Å². The molecule has 17 heavy (non-hydrogen) atoms. The van der Waals surface area contributed by atoms with Crippen LogP contribution >= 0.6 is 15.9 Å². The smallest absolute Gasteiger partial charge is 0.237 e. The lowest BCUT2D eigenvalue weighted by molar-refractivity contribution is -0.123. The lowest BCUT2D eigenvalue weighted by Gasteiger charge is -2.25. The molecule has 1 fully saturated rings. The van der Waals surface area contributed by atoms with Gasteiger partial charge in [-0.15, -0.1) is 0 Å². The molecule has 4 heteroatoms. The average Bonchev–Trinajstić information content (AvgIpc) is 2.75. The minimum atomic E-state index is 0.0344. The summed E-state index contributed by atoms with van der Waals surface area (Å²) in [5.74, 6) is 0.166. The Hall–Kier alpha value is -0.870. The molecule has 0 radical (unpaired) electrons. The summed E-state index contributed by atoms with van der Waals surface area (Å²) in [7, 11) is 0. The van der Waals surface area contributed by atoms with Gasteiger partial charge < -0.3 is 5.32 Å². The summed E-state index contributed by atoms with van der Waals surface area (Å²) >= 11 is 3.55. The molecule has 1 aromatic carbocycles. The van der Waals surface area contributed by atoms with E-state index in [0.717, 1.165) is 30.5 Å². The zero-order valence-electron chi connectivity index (χ0n) is 9.95. The molecule has 1 N–H and O–H groups in total. The van der Waals surface area contributed by atoms with Gasteiger partial charge >= 0.3 is 0 Å². The number of benzene rings is 1. The first-order valence-electron chi connectivity index (χ1n) is 5.97. The third kappa shape index (κ3) is 2.87. The van der Waals surface area contributed by atoms with E-state index in [2.05, 4.69) is 39.1 Å². The number of carbonyl (C=O) groups is 1. The van der Waals surface area contributed by atoms with E-state index in [4.69, 9.17) is 0 Å². The van der Waals surface area contributed by atoms with Crippen molar-refractivity contribution < 1.29 is 4.79 Å². The Bertz CT molecular complexity index is 408. The van der Waals surface area contributed by atoms with Crippen molar-refractivity contribution in [2.24, 2.45) is 0 Å². The van der Waals surface area contributed by atoms with Crippen molar-refractivity contribution in [1.82, 2.24) is 10.2 Å². The zero-order chi connectivity index (χ0) is 12.3. The van der Waals surface area contributed by atoms with E-state index in [1.54, 1.807) is 0 Å². The standard InChI is InChI=1S/C13H17BrN2O/c1-2-16(12-7-8-15-13(12)17)9-10-5-3-4-6-11(10)14/h3-6,12H,2,7-9H2,1H3,(H,15,17). The first kappa shape index (κ1) is 12.6. The fourth-order valence-corrected chi connectivity index (χ4v) is 2.63. The largest absolute Gasteiger partial charge is 0.355 e. The van der Waals surface area contributed by atoms with Crippen LogP contribution in [0.5, 0.6) is 0 Å². The van der Waals surface area contributed by atoms with Crippen LogP contribution in [0.25, 0.3) is 0 Å². The van der Waals surface area contributed by atoms with E-state index < -0.39 is 0 Å². The number of nitrogens with zero attached hydrogens (tertiary/aromatic N) is 1. The van der Waals surface area contributed by atoms with Gasteiger partial charge in [0.25, 0.3) is 0 Å². The summed E-state index contributed by atoms with van der Waals surface area (Å²) in [5.41, 5.74) is 1.23. The van der Waals surface area contributed by atoms with Crippen LogP contribution in [0.15, 0.2) is 28.7 Å². The van der Waals surface area contributed by atoms with Crippen molar-refractivity contribution in [2.45, 2.75) is 25.9 Å². The molecule has 0 aromatic heterocycles. The van der Waals surface area contributed by atoms with Crippen LogP contribution < -0.4 is 5.32 Å². The second kappa shape index (κ2) is 5.65. The van der Waals surface area contributed by atoms with Crippen LogP contribution in [0, 0.1) is 0 Å². The highest BCUT2D eigenvalue weighted by atomic mass is 79.9. The second-order valence-corrected chi connectivity index (χ2v) is 5.10. The van der Waals surface area contributed by atoms with Crippen LogP contribution in [-0.2, 0) is 11.3 Å². The monoisotopic (exact) mass is 296 g/mol. The first-order chi connectivity index (χ1) is 8.22. The molecule has 1 unspecified atom stereocenters. The summed E-state index contributed by atoms with van der Waals surface area (Å²) in [6.07, 6.45) is 0.914. The van der Waals surface area contributed by atoms with Crippen molar-refractivity contribution in [2.75, 3.05) is 13.1 Å². The number of likely N-dealkylation sites (N-methyl/N-ethyl adjacent to an activating group) is 1. The fourth-order valence-electron chi connectivity index (χ4n) is 2.22. The molecule has 1 aromatic rings. The highest BCUT2D eigenvalue weighted by molar-refractivity contribution is 9.10. The molecule has 0 saturated carbocycles. The van der Waals surface area contributed by atoms with Gasteiger partial charge in [0.15, 0.2) is 0 Å². The molecule has 1 saturated heterocycles. The maximum Gasteiger partial charge on any atom is 0.237 e. The fraction of sp³-hybridized carbons (Fsp3) is 0.462. The maximum absolute atomic E-state index is 11.7. The topological polar surface area (TPSA) is 32.3 Å². The highest BCUT2D eigenvalue weighted by Gasteiger charge is 2.29. The molecule has 1 aliphatic heterocycles. The van der Waals surface area contributed by atoms with Gasteiger partial charge in [-0.2, -0.15) is 0 Å². The molecular formula is C13H17BrN2O. The molecule has 2 rings (SSSR count). The van der Waals surface area contributed by atoms with Crippen LogP contribution in [-0.4, -0.2) is 29.9 Å². The number of halogens is 1. The van der Waals surface area contributed by atoms with Gasteiger partial charge in [0, 0.05) is 17.6 Å².